The first kappa shape index (κ1) is 16.6. The fraction of sp³-hybridized carbons (Fsp3) is 0.222. The topological polar surface area (TPSA) is 68.2 Å². The molecule has 0 spiro atoms. The Morgan fingerprint density at radius 1 is 1.00 bits per heavy atom. The Bertz CT molecular complexity index is 758. The lowest BCUT2D eigenvalue weighted by Crippen LogP contribution is -2.29. The van der Waals surface area contributed by atoms with E-state index < -0.39 is 0 Å². The second-order valence-electron chi connectivity index (χ2n) is 5.51. The highest BCUT2D eigenvalue weighted by molar-refractivity contribution is 6.30. The Morgan fingerprint density at radius 3 is 2.46 bits per heavy atom. The molecule has 0 saturated heterocycles. The van der Waals surface area contributed by atoms with E-state index in [1.54, 1.807) is 12.1 Å². The van der Waals surface area contributed by atoms with Gasteiger partial charge in [-0.15, -0.1) is 0 Å². The molecular weight excluding hydrogens is 324 g/mol. The minimum Gasteiger partial charge on any atom is -0.334 e. The van der Waals surface area contributed by atoms with Crippen LogP contribution in [0.2, 0.25) is 5.02 Å². The summed E-state index contributed by atoms with van der Waals surface area (Å²) in [6.45, 7) is 2.72. The Kier molecular flexibility index (Phi) is 5.59. The number of nitrogens with two attached hydrogens (primary N) is 1. The van der Waals surface area contributed by atoms with E-state index in [2.05, 4.69) is 27.2 Å². The standard InChI is InChI=1S/C18H19ClN4O/c19-16-8-6-15(7-9-16)18-21-17(22-24-18)13-23(11-10-20)12-14-4-2-1-3-5-14/h1-9H,10-13,20H2. The van der Waals surface area contributed by atoms with Crippen molar-refractivity contribution in [2.24, 2.45) is 5.73 Å². The van der Waals surface area contributed by atoms with Gasteiger partial charge in [-0.1, -0.05) is 47.1 Å². The summed E-state index contributed by atoms with van der Waals surface area (Å²) in [6, 6.07) is 17.6. The summed E-state index contributed by atoms with van der Waals surface area (Å²) in [5.74, 6) is 1.14. The van der Waals surface area contributed by atoms with Gasteiger partial charge in [0.25, 0.3) is 5.89 Å². The largest absolute Gasteiger partial charge is 0.334 e. The van der Waals surface area contributed by atoms with Gasteiger partial charge >= 0.3 is 0 Å². The number of hydrogen-bond acceptors (Lipinski definition) is 5. The summed E-state index contributed by atoms with van der Waals surface area (Å²) in [4.78, 5) is 6.67. The SMILES string of the molecule is NCCN(Cc1ccccc1)Cc1noc(-c2ccc(Cl)cc2)n1. The molecule has 2 N–H and O–H groups in total. The van der Waals surface area contributed by atoms with Crippen LogP contribution in [-0.4, -0.2) is 28.1 Å². The fourth-order valence-corrected chi connectivity index (χ4v) is 2.59. The average molecular weight is 343 g/mol. The van der Waals surface area contributed by atoms with Gasteiger partial charge in [-0.25, -0.2) is 0 Å². The zero-order valence-electron chi connectivity index (χ0n) is 13.2. The summed E-state index contributed by atoms with van der Waals surface area (Å²) in [5.41, 5.74) is 7.81. The Hall–Kier alpha value is -2.21. The highest BCUT2D eigenvalue weighted by atomic mass is 35.5. The zero-order chi connectivity index (χ0) is 16.8. The molecule has 124 valence electrons. The van der Waals surface area contributed by atoms with Gasteiger partial charge in [0, 0.05) is 30.2 Å². The van der Waals surface area contributed by atoms with Crippen LogP contribution in [0.5, 0.6) is 0 Å². The first-order chi connectivity index (χ1) is 11.7. The minimum absolute atomic E-state index is 0.495. The molecule has 3 rings (SSSR count). The van der Waals surface area contributed by atoms with E-state index in [1.165, 1.54) is 5.56 Å². The van der Waals surface area contributed by atoms with Gasteiger partial charge in [-0.3, -0.25) is 4.90 Å². The highest BCUT2D eigenvalue weighted by Gasteiger charge is 2.13. The smallest absolute Gasteiger partial charge is 0.257 e. The molecule has 1 aromatic heterocycles. The van der Waals surface area contributed by atoms with Crippen LogP contribution in [0.1, 0.15) is 11.4 Å². The first-order valence-corrected chi connectivity index (χ1v) is 8.17. The van der Waals surface area contributed by atoms with Gasteiger partial charge < -0.3 is 10.3 Å². The number of halogens is 1. The van der Waals surface area contributed by atoms with Crippen molar-refractivity contribution in [1.29, 1.82) is 0 Å². The lowest BCUT2D eigenvalue weighted by Gasteiger charge is -2.19. The molecule has 6 heteroatoms. The molecule has 5 nitrogen and oxygen atoms in total. The molecule has 0 aliphatic heterocycles. The molecule has 0 bridgehead atoms. The van der Waals surface area contributed by atoms with Gasteiger partial charge in [0.05, 0.1) is 6.54 Å². The second kappa shape index (κ2) is 8.06. The number of aromatic nitrogens is 2. The van der Waals surface area contributed by atoms with Crippen molar-refractivity contribution in [3.8, 4) is 11.5 Å². The van der Waals surface area contributed by atoms with E-state index in [1.807, 2.05) is 30.3 Å². The Balaban J connectivity index is 1.70. The maximum Gasteiger partial charge on any atom is 0.257 e. The van der Waals surface area contributed by atoms with Crippen LogP contribution in [0, 0.1) is 0 Å². The molecule has 0 atom stereocenters. The molecular formula is C18H19ClN4O. The summed E-state index contributed by atoms with van der Waals surface area (Å²) in [7, 11) is 0. The van der Waals surface area contributed by atoms with E-state index in [9.17, 15) is 0 Å². The first-order valence-electron chi connectivity index (χ1n) is 7.79. The second-order valence-corrected chi connectivity index (χ2v) is 5.94. The van der Waals surface area contributed by atoms with Crippen LogP contribution >= 0.6 is 11.6 Å². The van der Waals surface area contributed by atoms with Gasteiger partial charge in [-0.2, -0.15) is 4.98 Å². The molecule has 0 unspecified atom stereocenters. The van der Waals surface area contributed by atoms with Crippen molar-refractivity contribution in [3.63, 3.8) is 0 Å². The number of hydrogen-bond donors (Lipinski definition) is 1. The molecule has 0 aliphatic rings. The maximum absolute atomic E-state index is 5.90. The molecule has 0 radical (unpaired) electrons. The van der Waals surface area contributed by atoms with Gasteiger partial charge in [0.15, 0.2) is 5.82 Å². The molecule has 0 fully saturated rings. The van der Waals surface area contributed by atoms with E-state index in [4.69, 9.17) is 21.9 Å². The normalized spacial score (nSPS) is 11.1. The molecule has 3 aromatic rings. The van der Waals surface area contributed by atoms with Crippen molar-refractivity contribution in [2.45, 2.75) is 13.1 Å². The van der Waals surface area contributed by atoms with Gasteiger partial charge in [0.1, 0.15) is 0 Å². The van der Waals surface area contributed by atoms with Crippen LogP contribution in [0.25, 0.3) is 11.5 Å². The van der Waals surface area contributed by atoms with Crippen molar-refractivity contribution >= 4 is 11.6 Å². The zero-order valence-corrected chi connectivity index (χ0v) is 14.0. The summed E-state index contributed by atoms with van der Waals surface area (Å²) >= 11 is 5.90. The Labute approximate surface area is 146 Å². The molecule has 24 heavy (non-hydrogen) atoms. The molecule has 0 saturated carbocycles. The molecule has 1 heterocycles. The highest BCUT2D eigenvalue weighted by Crippen LogP contribution is 2.20. The van der Waals surface area contributed by atoms with Gasteiger partial charge in [0.2, 0.25) is 0 Å². The van der Waals surface area contributed by atoms with Crippen molar-refractivity contribution in [3.05, 3.63) is 71.0 Å². The quantitative estimate of drug-likeness (QED) is 0.713. The molecule has 0 amide bonds. The molecule has 2 aromatic carbocycles. The lowest BCUT2D eigenvalue weighted by molar-refractivity contribution is 0.253. The third-order valence-corrected chi connectivity index (χ3v) is 3.87. The van der Waals surface area contributed by atoms with Crippen LogP contribution in [0.4, 0.5) is 0 Å². The summed E-state index contributed by atoms with van der Waals surface area (Å²) in [5, 5.41) is 4.75. The van der Waals surface area contributed by atoms with E-state index in [-0.39, 0.29) is 0 Å². The van der Waals surface area contributed by atoms with Crippen LogP contribution < -0.4 is 5.73 Å². The number of nitrogens with zero attached hydrogens (tertiary/aromatic N) is 3. The van der Waals surface area contributed by atoms with Gasteiger partial charge in [-0.05, 0) is 29.8 Å². The lowest BCUT2D eigenvalue weighted by atomic mass is 10.2. The predicted octanol–water partition coefficient (Wildman–Crippen LogP) is 3.35. The van der Waals surface area contributed by atoms with Crippen LogP contribution in [-0.2, 0) is 13.1 Å². The third-order valence-electron chi connectivity index (χ3n) is 3.62. The summed E-state index contributed by atoms with van der Waals surface area (Å²) < 4.78 is 5.36. The number of rotatable bonds is 7. The number of benzene rings is 2. The van der Waals surface area contributed by atoms with Crippen molar-refractivity contribution < 1.29 is 4.52 Å². The van der Waals surface area contributed by atoms with Crippen molar-refractivity contribution in [2.75, 3.05) is 13.1 Å². The van der Waals surface area contributed by atoms with E-state index in [0.717, 1.165) is 18.7 Å². The average Bonchev–Trinajstić information content (AvgIpc) is 3.05. The monoisotopic (exact) mass is 342 g/mol. The third kappa shape index (κ3) is 4.41. The Morgan fingerprint density at radius 2 is 1.75 bits per heavy atom. The van der Waals surface area contributed by atoms with E-state index in [0.29, 0.717) is 29.8 Å². The molecule has 0 aliphatic carbocycles. The minimum atomic E-state index is 0.495. The maximum atomic E-state index is 5.90. The van der Waals surface area contributed by atoms with Crippen LogP contribution in [0.15, 0.2) is 59.1 Å². The van der Waals surface area contributed by atoms with Crippen molar-refractivity contribution in [1.82, 2.24) is 15.0 Å². The summed E-state index contributed by atoms with van der Waals surface area (Å²) in [6.07, 6.45) is 0. The van der Waals surface area contributed by atoms with E-state index >= 15 is 0 Å². The fourth-order valence-electron chi connectivity index (χ4n) is 2.47. The predicted molar refractivity (Wildman–Crippen MR) is 94.4 cm³/mol. The van der Waals surface area contributed by atoms with Crippen LogP contribution in [0.3, 0.4) is 0 Å².